The molecule has 2 aromatic rings. The molecule has 1 aliphatic rings. The number of nitrogens with one attached hydrogen (secondary N) is 2. The van der Waals surface area contributed by atoms with Crippen LogP contribution >= 0.6 is 11.6 Å². The van der Waals surface area contributed by atoms with E-state index in [1.807, 2.05) is 62.4 Å². The van der Waals surface area contributed by atoms with Gasteiger partial charge in [0.05, 0.1) is 18.2 Å². The normalized spacial score (nSPS) is 20.1. The van der Waals surface area contributed by atoms with Gasteiger partial charge in [-0.15, -0.1) is 0 Å². The quantitative estimate of drug-likeness (QED) is 0.443. The second-order valence-electron chi connectivity index (χ2n) is 8.66. The van der Waals surface area contributed by atoms with Crippen molar-refractivity contribution in [3.63, 3.8) is 0 Å². The minimum atomic E-state index is -0.961. The summed E-state index contributed by atoms with van der Waals surface area (Å²) in [5.41, 5.74) is 3.46. The van der Waals surface area contributed by atoms with Crippen LogP contribution in [0.4, 0.5) is 0 Å². The molecule has 0 bridgehead atoms. The first-order valence-corrected chi connectivity index (χ1v) is 12.1. The first-order valence-electron chi connectivity index (χ1n) is 11.8. The smallest absolute Gasteiger partial charge is 0.331 e. The average Bonchev–Trinajstić information content (AvgIpc) is 2.82. The van der Waals surface area contributed by atoms with Crippen molar-refractivity contribution >= 4 is 23.5 Å². The van der Waals surface area contributed by atoms with Crippen LogP contribution in [0.5, 0.6) is 0 Å². The number of carbonyl (C=O) groups is 2. The molecule has 0 aliphatic heterocycles. The van der Waals surface area contributed by atoms with Crippen LogP contribution in [0.25, 0.3) is 11.1 Å². The van der Waals surface area contributed by atoms with E-state index in [2.05, 4.69) is 10.6 Å². The molecule has 1 aliphatic carbocycles. The van der Waals surface area contributed by atoms with Gasteiger partial charge in [-0.2, -0.15) is 0 Å². The summed E-state index contributed by atoms with van der Waals surface area (Å²) in [6.45, 7) is 6.07. The van der Waals surface area contributed by atoms with Gasteiger partial charge >= 0.3 is 5.97 Å². The molecule has 0 spiro atoms. The Kier molecular flexibility index (Phi) is 9.28. The fourth-order valence-corrected chi connectivity index (χ4v) is 4.49. The zero-order chi connectivity index (χ0) is 24.7. The number of ether oxygens (including phenoxy) is 1. The van der Waals surface area contributed by atoms with Gasteiger partial charge in [-0.3, -0.25) is 4.79 Å². The number of hydrogen-bond donors (Lipinski definition) is 3. The van der Waals surface area contributed by atoms with E-state index in [4.69, 9.17) is 16.3 Å². The molecule has 3 N–H and O–H groups in total. The third-order valence-electron chi connectivity index (χ3n) is 6.18. The molecule has 0 saturated heterocycles. The molecule has 0 saturated carbocycles. The zero-order valence-corrected chi connectivity index (χ0v) is 20.6. The van der Waals surface area contributed by atoms with Gasteiger partial charge in [-0.05, 0) is 54.2 Å². The Labute approximate surface area is 206 Å². The number of rotatable bonds is 10. The van der Waals surface area contributed by atoms with Crippen molar-refractivity contribution < 1.29 is 19.4 Å². The molecule has 6 nitrogen and oxygen atoms in total. The Bertz CT molecular complexity index is 1020. The Morgan fingerprint density at radius 3 is 2.41 bits per heavy atom. The maximum atomic E-state index is 12.0. The van der Waals surface area contributed by atoms with Gasteiger partial charge in [-0.25, -0.2) is 4.79 Å². The summed E-state index contributed by atoms with van der Waals surface area (Å²) in [7, 11) is 0. The lowest BCUT2D eigenvalue weighted by Crippen LogP contribution is -2.58. The van der Waals surface area contributed by atoms with Crippen molar-refractivity contribution in [1.29, 1.82) is 0 Å². The summed E-state index contributed by atoms with van der Waals surface area (Å²) in [6.07, 6.45) is 3.05. The molecule has 0 radical (unpaired) electrons. The maximum Gasteiger partial charge on any atom is 0.331 e. The zero-order valence-electron chi connectivity index (χ0n) is 19.9. The SMILES string of the molecule is CCC(CC)O[C@@H]1C=C(C(=O)O)C[C@H](NCc2ccc(-c3cccc(Cl)c3)cc2)[C@H]1NC(C)=O. The van der Waals surface area contributed by atoms with Crippen LogP contribution in [-0.4, -0.2) is 41.3 Å². The highest BCUT2D eigenvalue weighted by Crippen LogP contribution is 2.26. The maximum absolute atomic E-state index is 12.0. The lowest BCUT2D eigenvalue weighted by atomic mass is 9.87. The highest BCUT2D eigenvalue weighted by molar-refractivity contribution is 6.30. The Balaban J connectivity index is 1.77. The highest BCUT2D eigenvalue weighted by atomic mass is 35.5. The van der Waals surface area contributed by atoms with Crippen LogP contribution in [0.2, 0.25) is 5.02 Å². The number of amides is 1. The molecule has 0 heterocycles. The topological polar surface area (TPSA) is 87.7 Å². The molecule has 1 amide bonds. The van der Waals surface area contributed by atoms with Crippen molar-refractivity contribution in [2.45, 2.75) is 70.9 Å². The molecule has 0 unspecified atom stereocenters. The van der Waals surface area contributed by atoms with Crippen LogP contribution < -0.4 is 10.6 Å². The van der Waals surface area contributed by atoms with E-state index in [0.29, 0.717) is 23.6 Å². The van der Waals surface area contributed by atoms with E-state index < -0.39 is 12.1 Å². The van der Waals surface area contributed by atoms with Crippen molar-refractivity contribution in [2.24, 2.45) is 0 Å². The van der Waals surface area contributed by atoms with Crippen molar-refractivity contribution in [3.8, 4) is 11.1 Å². The number of carboxylic acid groups (broad SMARTS) is 1. The monoisotopic (exact) mass is 484 g/mol. The first kappa shape index (κ1) is 25.9. The van der Waals surface area contributed by atoms with Gasteiger partial charge in [0.15, 0.2) is 0 Å². The predicted molar refractivity (Wildman–Crippen MR) is 135 cm³/mol. The lowest BCUT2D eigenvalue weighted by molar-refractivity contribution is -0.133. The van der Waals surface area contributed by atoms with Crippen LogP contribution in [0.3, 0.4) is 0 Å². The number of halogens is 1. The van der Waals surface area contributed by atoms with Gasteiger partial charge < -0.3 is 20.5 Å². The largest absolute Gasteiger partial charge is 0.478 e. The first-order chi connectivity index (χ1) is 16.3. The molecule has 7 heteroatoms. The van der Waals surface area contributed by atoms with Crippen LogP contribution in [0.1, 0.15) is 45.6 Å². The third-order valence-corrected chi connectivity index (χ3v) is 6.41. The molecule has 0 aromatic heterocycles. The molecule has 182 valence electrons. The number of hydrogen-bond acceptors (Lipinski definition) is 4. The molecule has 2 aromatic carbocycles. The number of benzene rings is 2. The third kappa shape index (κ3) is 6.92. The fourth-order valence-electron chi connectivity index (χ4n) is 4.30. The van der Waals surface area contributed by atoms with E-state index in [1.54, 1.807) is 6.08 Å². The Morgan fingerprint density at radius 1 is 1.12 bits per heavy atom. The summed E-state index contributed by atoms with van der Waals surface area (Å²) in [5, 5.41) is 16.8. The van der Waals surface area contributed by atoms with E-state index >= 15 is 0 Å². The molecular formula is C27H33ClN2O4. The molecular weight excluding hydrogens is 452 g/mol. The molecule has 34 heavy (non-hydrogen) atoms. The lowest BCUT2D eigenvalue weighted by Gasteiger charge is -2.38. The summed E-state index contributed by atoms with van der Waals surface area (Å²) < 4.78 is 6.24. The minimum absolute atomic E-state index is 0.00895. The van der Waals surface area contributed by atoms with Gasteiger partial charge in [0, 0.05) is 30.1 Å². The standard InChI is InChI=1S/C27H33ClN2O4/c1-4-23(5-2)34-25-15-21(27(32)33)14-24(26(25)30-17(3)31)29-16-18-9-11-19(12-10-18)20-7-6-8-22(28)13-20/h6-13,15,23-26,29H,4-5,14,16H2,1-3H3,(H,30,31)(H,32,33)/t24-,25+,26+/m0/s1. The summed E-state index contributed by atoms with van der Waals surface area (Å²) >= 11 is 6.11. The van der Waals surface area contributed by atoms with Crippen molar-refractivity contribution in [2.75, 3.05) is 0 Å². The van der Waals surface area contributed by atoms with Gasteiger partial charge in [0.25, 0.3) is 0 Å². The summed E-state index contributed by atoms with van der Waals surface area (Å²) in [5.74, 6) is -1.13. The fraction of sp³-hybridized carbons (Fsp3) is 0.407. The van der Waals surface area contributed by atoms with Crippen LogP contribution in [-0.2, 0) is 20.9 Å². The molecule has 0 fully saturated rings. The van der Waals surface area contributed by atoms with Crippen molar-refractivity contribution in [3.05, 3.63) is 70.8 Å². The van der Waals surface area contributed by atoms with Crippen LogP contribution in [0, 0.1) is 0 Å². The average molecular weight is 485 g/mol. The van der Waals surface area contributed by atoms with E-state index in [0.717, 1.165) is 29.5 Å². The number of carbonyl (C=O) groups excluding carboxylic acids is 1. The van der Waals surface area contributed by atoms with Gasteiger partial charge in [0.2, 0.25) is 5.91 Å². The highest BCUT2D eigenvalue weighted by Gasteiger charge is 2.37. The van der Waals surface area contributed by atoms with E-state index in [1.165, 1.54) is 6.92 Å². The van der Waals surface area contributed by atoms with Crippen molar-refractivity contribution in [1.82, 2.24) is 10.6 Å². The predicted octanol–water partition coefficient (Wildman–Crippen LogP) is 4.96. The summed E-state index contributed by atoms with van der Waals surface area (Å²) in [6, 6.07) is 15.2. The van der Waals surface area contributed by atoms with Crippen LogP contribution in [0.15, 0.2) is 60.2 Å². The summed E-state index contributed by atoms with van der Waals surface area (Å²) in [4.78, 5) is 23.8. The second-order valence-corrected chi connectivity index (χ2v) is 9.10. The number of aliphatic carboxylic acids is 1. The second kappa shape index (κ2) is 12.2. The molecule has 3 atom stereocenters. The molecule has 3 rings (SSSR count). The Morgan fingerprint density at radius 2 is 1.82 bits per heavy atom. The van der Waals surface area contributed by atoms with E-state index in [-0.39, 0.29) is 24.1 Å². The number of carboxylic acids is 1. The Hall–Kier alpha value is -2.67. The van der Waals surface area contributed by atoms with Gasteiger partial charge in [0.1, 0.15) is 0 Å². The van der Waals surface area contributed by atoms with Gasteiger partial charge in [-0.1, -0.05) is 61.8 Å². The minimum Gasteiger partial charge on any atom is -0.478 e. The van der Waals surface area contributed by atoms with E-state index in [9.17, 15) is 14.7 Å².